The van der Waals surface area contributed by atoms with Gasteiger partial charge >= 0.3 is 0 Å². The summed E-state index contributed by atoms with van der Waals surface area (Å²) in [6.45, 7) is 2.24. The zero-order chi connectivity index (χ0) is 16.2. The van der Waals surface area contributed by atoms with Crippen molar-refractivity contribution in [2.24, 2.45) is 0 Å². The molecule has 0 fully saturated rings. The maximum absolute atomic E-state index is 12.0. The highest BCUT2D eigenvalue weighted by Gasteiger charge is 2.12. The Morgan fingerprint density at radius 3 is 2.96 bits per heavy atom. The Bertz CT molecular complexity index is 869. The molecule has 8 nitrogen and oxygen atoms in total. The SMILES string of the molecule is Cc1nnsc1C(=O)NCCn1nc(-c2ccco2)ccc1=O. The first-order valence-electron chi connectivity index (χ1n) is 6.84. The number of carbonyl (C=O) groups is 1. The Balaban J connectivity index is 1.66. The van der Waals surface area contributed by atoms with Gasteiger partial charge in [-0.05, 0) is 36.7 Å². The normalized spacial score (nSPS) is 10.7. The minimum Gasteiger partial charge on any atom is -0.463 e. The molecule has 0 bridgehead atoms. The second-order valence-electron chi connectivity index (χ2n) is 4.70. The van der Waals surface area contributed by atoms with E-state index in [4.69, 9.17) is 4.42 Å². The summed E-state index contributed by atoms with van der Waals surface area (Å²) in [5.41, 5.74) is 0.899. The highest BCUT2D eigenvalue weighted by Crippen LogP contribution is 2.14. The van der Waals surface area contributed by atoms with Crippen LogP contribution in [0.2, 0.25) is 0 Å². The van der Waals surface area contributed by atoms with E-state index in [9.17, 15) is 9.59 Å². The monoisotopic (exact) mass is 331 g/mol. The van der Waals surface area contributed by atoms with E-state index < -0.39 is 0 Å². The van der Waals surface area contributed by atoms with Gasteiger partial charge in [-0.1, -0.05) is 4.49 Å². The third-order valence-electron chi connectivity index (χ3n) is 3.11. The average molecular weight is 331 g/mol. The minimum atomic E-state index is -0.257. The van der Waals surface area contributed by atoms with E-state index in [-0.39, 0.29) is 24.6 Å². The Morgan fingerprint density at radius 1 is 1.39 bits per heavy atom. The number of hydrogen-bond acceptors (Lipinski definition) is 7. The summed E-state index contributed by atoms with van der Waals surface area (Å²) in [4.78, 5) is 24.3. The van der Waals surface area contributed by atoms with Crippen LogP contribution >= 0.6 is 11.5 Å². The number of nitrogens with one attached hydrogen (secondary N) is 1. The quantitative estimate of drug-likeness (QED) is 0.751. The first-order chi connectivity index (χ1) is 11.1. The van der Waals surface area contributed by atoms with Gasteiger partial charge in [0.2, 0.25) is 0 Å². The first-order valence-corrected chi connectivity index (χ1v) is 7.61. The fraction of sp³-hybridized carbons (Fsp3) is 0.214. The number of carbonyl (C=O) groups excluding carboxylic acids is 1. The van der Waals surface area contributed by atoms with Gasteiger partial charge in [-0.2, -0.15) is 5.10 Å². The second-order valence-corrected chi connectivity index (χ2v) is 5.45. The van der Waals surface area contributed by atoms with Crippen LogP contribution in [-0.4, -0.2) is 31.8 Å². The van der Waals surface area contributed by atoms with E-state index in [0.29, 0.717) is 22.0 Å². The number of aryl methyl sites for hydroxylation is 1. The molecule has 23 heavy (non-hydrogen) atoms. The van der Waals surface area contributed by atoms with Crippen LogP contribution in [0.5, 0.6) is 0 Å². The van der Waals surface area contributed by atoms with Gasteiger partial charge in [0, 0.05) is 12.6 Å². The molecule has 3 aromatic rings. The smallest absolute Gasteiger partial charge is 0.266 e. The van der Waals surface area contributed by atoms with Gasteiger partial charge in [0.25, 0.3) is 11.5 Å². The molecule has 0 aliphatic carbocycles. The molecule has 0 saturated heterocycles. The van der Waals surface area contributed by atoms with Crippen LogP contribution in [0, 0.1) is 6.92 Å². The molecule has 118 valence electrons. The van der Waals surface area contributed by atoms with Crippen molar-refractivity contribution in [1.82, 2.24) is 24.7 Å². The van der Waals surface area contributed by atoms with Crippen LogP contribution in [0.3, 0.4) is 0 Å². The van der Waals surface area contributed by atoms with Gasteiger partial charge < -0.3 is 9.73 Å². The van der Waals surface area contributed by atoms with E-state index in [1.54, 1.807) is 25.1 Å². The van der Waals surface area contributed by atoms with Gasteiger partial charge in [-0.25, -0.2) is 4.68 Å². The van der Waals surface area contributed by atoms with Crippen molar-refractivity contribution >= 4 is 17.4 Å². The van der Waals surface area contributed by atoms with Gasteiger partial charge in [0.05, 0.1) is 18.5 Å². The van der Waals surface area contributed by atoms with Crippen molar-refractivity contribution in [3.63, 3.8) is 0 Å². The fourth-order valence-corrected chi connectivity index (χ4v) is 2.53. The molecule has 0 unspecified atom stereocenters. The Kier molecular flexibility index (Phi) is 4.29. The van der Waals surface area contributed by atoms with Crippen molar-refractivity contribution in [3.8, 4) is 11.5 Å². The first kappa shape index (κ1) is 15.1. The summed E-state index contributed by atoms with van der Waals surface area (Å²) >= 11 is 1.04. The van der Waals surface area contributed by atoms with Crippen LogP contribution in [0.4, 0.5) is 0 Å². The molecule has 9 heteroatoms. The number of furan rings is 1. The van der Waals surface area contributed by atoms with E-state index in [1.165, 1.54) is 17.0 Å². The molecule has 3 heterocycles. The van der Waals surface area contributed by atoms with E-state index >= 15 is 0 Å². The third-order valence-corrected chi connectivity index (χ3v) is 3.93. The molecule has 3 rings (SSSR count). The van der Waals surface area contributed by atoms with Crippen molar-refractivity contribution in [1.29, 1.82) is 0 Å². The molecule has 0 saturated carbocycles. The van der Waals surface area contributed by atoms with Crippen molar-refractivity contribution < 1.29 is 9.21 Å². The summed E-state index contributed by atoms with van der Waals surface area (Å²) in [6.07, 6.45) is 1.54. The molecule has 0 atom stereocenters. The molecule has 1 N–H and O–H groups in total. The van der Waals surface area contributed by atoms with Gasteiger partial charge in [-0.15, -0.1) is 5.10 Å². The minimum absolute atomic E-state index is 0.245. The van der Waals surface area contributed by atoms with Crippen molar-refractivity contribution in [2.75, 3.05) is 6.54 Å². The largest absolute Gasteiger partial charge is 0.463 e. The molecule has 1 amide bonds. The van der Waals surface area contributed by atoms with Crippen LogP contribution in [0.25, 0.3) is 11.5 Å². The molecule has 0 spiro atoms. The highest BCUT2D eigenvalue weighted by atomic mass is 32.1. The molecule has 0 radical (unpaired) electrons. The maximum Gasteiger partial charge on any atom is 0.266 e. The van der Waals surface area contributed by atoms with Gasteiger partial charge in [0.1, 0.15) is 10.6 Å². The zero-order valence-electron chi connectivity index (χ0n) is 12.2. The topological polar surface area (TPSA) is 103 Å². The van der Waals surface area contributed by atoms with E-state index in [0.717, 1.165) is 11.5 Å². The summed E-state index contributed by atoms with van der Waals surface area (Å²) in [5.74, 6) is 0.321. The number of hydrogen-bond donors (Lipinski definition) is 1. The molecule has 0 aromatic carbocycles. The van der Waals surface area contributed by atoms with Crippen LogP contribution in [0.15, 0.2) is 39.7 Å². The van der Waals surface area contributed by atoms with Gasteiger partial charge in [-0.3, -0.25) is 9.59 Å². The lowest BCUT2D eigenvalue weighted by molar-refractivity contribution is 0.0955. The number of amides is 1. The Hall–Kier alpha value is -2.81. The molecule has 3 aromatic heterocycles. The summed E-state index contributed by atoms with van der Waals surface area (Å²) in [6, 6.07) is 6.53. The maximum atomic E-state index is 12.0. The number of aromatic nitrogens is 4. The lowest BCUT2D eigenvalue weighted by Crippen LogP contribution is -2.31. The lowest BCUT2D eigenvalue weighted by Gasteiger charge is -2.07. The number of rotatable bonds is 5. The van der Waals surface area contributed by atoms with Crippen molar-refractivity contribution in [2.45, 2.75) is 13.5 Å². The standard InChI is InChI=1S/C14H13N5O3S/c1-9-13(23-18-16-9)14(21)15-6-7-19-12(20)5-4-10(17-19)11-3-2-8-22-11/h2-5,8H,6-7H2,1H3,(H,15,21). The highest BCUT2D eigenvalue weighted by molar-refractivity contribution is 7.07. The summed E-state index contributed by atoms with van der Waals surface area (Å²) in [5, 5.41) is 10.7. The average Bonchev–Trinajstić information content (AvgIpc) is 3.20. The number of nitrogens with zero attached hydrogens (tertiary/aromatic N) is 4. The third kappa shape index (κ3) is 3.34. The van der Waals surface area contributed by atoms with Crippen LogP contribution in [0.1, 0.15) is 15.4 Å². The van der Waals surface area contributed by atoms with E-state index in [2.05, 4.69) is 20.0 Å². The molecule has 0 aliphatic heterocycles. The summed E-state index contributed by atoms with van der Waals surface area (Å²) in [7, 11) is 0. The molecular weight excluding hydrogens is 318 g/mol. The predicted molar refractivity (Wildman–Crippen MR) is 83.2 cm³/mol. The summed E-state index contributed by atoms with van der Waals surface area (Å²) < 4.78 is 10.3. The van der Waals surface area contributed by atoms with E-state index in [1.807, 2.05) is 0 Å². The Morgan fingerprint density at radius 2 is 2.26 bits per heavy atom. The fourth-order valence-electron chi connectivity index (χ4n) is 1.96. The second kappa shape index (κ2) is 6.53. The zero-order valence-corrected chi connectivity index (χ0v) is 13.0. The molecule has 0 aliphatic rings. The van der Waals surface area contributed by atoms with Crippen molar-refractivity contribution in [3.05, 3.63) is 51.5 Å². The van der Waals surface area contributed by atoms with Gasteiger partial charge in [0.15, 0.2) is 5.76 Å². The van der Waals surface area contributed by atoms with Crippen LogP contribution in [-0.2, 0) is 6.54 Å². The predicted octanol–water partition coefficient (Wildman–Crippen LogP) is 1.09. The Labute approximate surface area is 134 Å². The van der Waals surface area contributed by atoms with Crippen LogP contribution < -0.4 is 10.9 Å². The molecular formula is C14H13N5O3S. The lowest BCUT2D eigenvalue weighted by atomic mass is 10.3.